The van der Waals surface area contributed by atoms with Crippen LogP contribution in [0.3, 0.4) is 0 Å². The van der Waals surface area contributed by atoms with Crippen LogP contribution in [0.4, 0.5) is 0 Å². The molecule has 2 rings (SSSR count). The zero-order valence-electron chi connectivity index (χ0n) is 12.1. The molecule has 1 N–H and O–H groups in total. The first-order valence-corrected chi connectivity index (χ1v) is 7.21. The van der Waals surface area contributed by atoms with Crippen LogP contribution in [0, 0.1) is 0 Å². The Kier molecular flexibility index (Phi) is 5.98. The van der Waals surface area contributed by atoms with Crippen LogP contribution in [0.1, 0.15) is 31.2 Å². The van der Waals surface area contributed by atoms with Gasteiger partial charge in [0.2, 0.25) is 0 Å². The van der Waals surface area contributed by atoms with Gasteiger partial charge in [0.1, 0.15) is 0 Å². The van der Waals surface area contributed by atoms with E-state index in [4.69, 9.17) is 19.3 Å². The van der Waals surface area contributed by atoms with Gasteiger partial charge in [0.25, 0.3) is 0 Å². The second-order valence-corrected chi connectivity index (χ2v) is 5.31. The summed E-state index contributed by atoms with van der Waals surface area (Å²) < 4.78 is 17.1. The molecule has 1 aliphatic heterocycles. The molecule has 0 unspecified atom stereocenters. The van der Waals surface area contributed by atoms with Gasteiger partial charge in [-0.3, -0.25) is 0 Å². The third-order valence-corrected chi connectivity index (χ3v) is 3.75. The third kappa shape index (κ3) is 4.28. The summed E-state index contributed by atoms with van der Waals surface area (Å²) in [7, 11) is 1.66. The molecule has 20 heavy (non-hydrogen) atoms. The summed E-state index contributed by atoms with van der Waals surface area (Å²) >= 11 is 0. The molecule has 0 bridgehead atoms. The minimum atomic E-state index is -0.307. The molecule has 0 aliphatic carbocycles. The summed E-state index contributed by atoms with van der Waals surface area (Å²) in [6.07, 6.45) is 3.19. The average Bonchev–Trinajstić information content (AvgIpc) is 2.90. The Bertz CT molecular complexity index is 381. The second kappa shape index (κ2) is 7.74. The summed E-state index contributed by atoms with van der Waals surface area (Å²) in [5.74, 6) is 0. The van der Waals surface area contributed by atoms with Gasteiger partial charge in [0, 0.05) is 20.1 Å². The van der Waals surface area contributed by atoms with E-state index in [1.165, 1.54) is 0 Å². The van der Waals surface area contributed by atoms with Gasteiger partial charge in [-0.1, -0.05) is 30.3 Å². The normalized spacial score (nSPS) is 26.0. The largest absolute Gasteiger partial charge is 0.396 e. The van der Waals surface area contributed by atoms with E-state index < -0.39 is 0 Å². The lowest BCUT2D eigenvalue weighted by Crippen LogP contribution is -2.35. The quantitative estimate of drug-likeness (QED) is 0.795. The van der Waals surface area contributed by atoms with E-state index in [2.05, 4.69) is 0 Å². The highest BCUT2D eigenvalue weighted by atomic mass is 16.7. The van der Waals surface area contributed by atoms with Gasteiger partial charge in [-0.25, -0.2) is 0 Å². The van der Waals surface area contributed by atoms with Gasteiger partial charge in [0.15, 0.2) is 6.29 Å². The summed E-state index contributed by atoms with van der Waals surface area (Å²) in [5, 5.41) is 9.04. The Morgan fingerprint density at radius 1 is 1.35 bits per heavy atom. The first kappa shape index (κ1) is 15.4. The minimum Gasteiger partial charge on any atom is -0.396 e. The fourth-order valence-corrected chi connectivity index (χ4v) is 2.64. The average molecular weight is 280 g/mol. The second-order valence-electron chi connectivity index (χ2n) is 5.31. The van der Waals surface area contributed by atoms with E-state index in [0.29, 0.717) is 13.2 Å². The number of methoxy groups -OCH3 is 1. The SMILES string of the molecule is CO[C@@H]1CC[C@@](CCCO)(COCc2ccccc2)O1. The van der Waals surface area contributed by atoms with Crippen LogP contribution >= 0.6 is 0 Å². The number of hydrogen-bond donors (Lipinski definition) is 1. The summed E-state index contributed by atoms with van der Waals surface area (Å²) in [4.78, 5) is 0. The lowest BCUT2D eigenvalue weighted by molar-refractivity contribution is -0.177. The van der Waals surface area contributed by atoms with E-state index in [0.717, 1.165) is 31.2 Å². The van der Waals surface area contributed by atoms with Gasteiger partial charge in [-0.05, 0) is 24.8 Å². The zero-order chi connectivity index (χ0) is 14.3. The molecule has 1 aromatic carbocycles. The van der Waals surface area contributed by atoms with E-state index in [1.54, 1.807) is 7.11 Å². The first-order valence-electron chi connectivity index (χ1n) is 7.21. The molecule has 112 valence electrons. The van der Waals surface area contributed by atoms with Crippen molar-refractivity contribution >= 4 is 0 Å². The molecule has 2 atom stereocenters. The Hall–Kier alpha value is -0.940. The van der Waals surface area contributed by atoms with Crippen molar-refractivity contribution < 1.29 is 19.3 Å². The van der Waals surface area contributed by atoms with Crippen LogP contribution in [-0.4, -0.2) is 37.3 Å². The number of hydrogen-bond acceptors (Lipinski definition) is 4. The molecule has 4 heteroatoms. The number of ether oxygens (including phenoxy) is 3. The molecule has 1 saturated heterocycles. The molecule has 4 nitrogen and oxygen atoms in total. The smallest absolute Gasteiger partial charge is 0.158 e. The van der Waals surface area contributed by atoms with Crippen LogP contribution in [0.5, 0.6) is 0 Å². The molecule has 1 fully saturated rings. The highest BCUT2D eigenvalue weighted by Crippen LogP contribution is 2.35. The molecular weight excluding hydrogens is 256 g/mol. The molecular formula is C16H24O4. The van der Waals surface area contributed by atoms with Gasteiger partial charge in [0.05, 0.1) is 18.8 Å². The van der Waals surface area contributed by atoms with Crippen molar-refractivity contribution in [1.82, 2.24) is 0 Å². The number of rotatable bonds is 8. The predicted molar refractivity (Wildman–Crippen MR) is 76.3 cm³/mol. The fourth-order valence-electron chi connectivity index (χ4n) is 2.64. The van der Waals surface area contributed by atoms with Crippen LogP contribution in [0.15, 0.2) is 30.3 Å². The van der Waals surface area contributed by atoms with E-state index in [1.807, 2.05) is 30.3 Å². The van der Waals surface area contributed by atoms with E-state index >= 15 is 0 Å². The van der Waals surface area contributed by atoms with Crippen LogP contribution < -0.4 is 0 Å². The predicted octanol–water partition coefficient (Wildman–Crippen LogP) is 2.50. The number of benzene rings is 1. The molecule has 0 spiro atoms. The Balaban J connectivity index is 1.85. The summed E-state index contributed by atoms with van der Waals surface area (Å²) in [6, 6.07) is 10.1. The molecule has 1 aromatic rings. The zero-order valence-corrected chi connectivity index (χ0v) is 12.1. The van der Waals surface area contributed by atoms with Crippen molar-refractivity contribution in [2.75, 3.05) is 20.3 Å². The highest BCUT2D eigenvalue weighted by molar-refractivity contribution is 5.13. The van der Waals surface area contributed by atoms with Crippen molar-refractivity contribution in [3.8, 4) is 0 Å². The number of aliphatic hydroxyl groups excluding tert-OH is 1. The monoisotopic (exact) mass is 280 g/mol. The Morgan fingerprint density at radius 2 is 2.15 bits per heavy atom. The van der Waals surface area contributed by atoms with Crippen LogP contribution in [0.2, 0.25) is 0 Å². The maximum atomic E-state index is 9.04. The Morgan fingerprint density at radius 3 is 2.80 bits per heavy atom. The standard InChI is InChI=1S/C16H24O4/c1-18-15-8-10-16(20-15,9-5-11-17)13-19-12-14-6-3-2-4-7-14/h2-4,6-7,15,17H,5,8-13H2,1H3/t15-,16-/m0/s1. The summed E-state index contributed by atoms with van der Waals surface area (Å²) in [5.41, 5.74) is 0.851. The highest BCUT2D eigenvalue weighted by Gasteiger charge is 2.40. The Labute approximate surface area is 120 Å². The topological polar surface area (TPSA) is 47.9 Å². The molecule has 0 radical (unpaired) electrons. The van der Waals surface area contributed by atoms with Gasteiger partial charge >= 0.3 is 0 Å². The third-order valence-electron chi connectivity index (χ3n) is 3.75. The van der Waals surface area contributed by atoms with Gasteiger partial charge in [-0.15, -0.1) is 0 Å². The lowest BCUT2D eigenvalue weighted by Gasteiger charge is -2.29. The lowest BCUT2D eigenvalue weighted by atomic mass is 9.95. The molecule has 0 saturated carbocycles. The maximum Gasteiger partial charge on any atom is 0.158 e. The van der Waals surface area contributed by atoms with Gasteiger partial charge in [-0.2, -0.15) is 0 Å². The van der Waals surface area contributed by atoms with Gasteiger partial charge < -0.3 is 19.3 Å². The fraction of sp³-hybridized carbons (Fsp3) is 0.625. The first-order chi connectivity index (χ1) is 9.78. The van der Waals surface area contributed by atoms with Crippen LogP contribution in [0.25, 0.3) is 0 Å². The van der Waals surface area contributed by atoms with Crippen molar-refractivity contribution in [2.24, 2.45) is 0 Å². The molecule has 1 heterocycles. The number of aliphatic hydroxyl groups is 1. The molecule has 1 aliphatic rings. The summed E-state index contributed by atoms with van der Waals surface area (Å²) in [6.45, 7) is 1.31. The minimum absolute atomic E-state index is 0.144. The molecule has 0 amide bonds. The van der Waals surface area contributed by atoms with Crippen molar-refractivity contribution in [3.05, 3.63) is 35.9 Å². The van der Waals surface area contributed by atoms with E-state index in [-0.39, 0.29) is 18.5 Å². The molecule has 0 aromatic heterocycles. The van der Waals surface area contributed by atoms with Crippen LogP contribution in [-0.2, 0) is 20.8 Å². The maximum absolute atomic E-state index is 9.04. The van der Waals surface area contributed by atoms with E-state index in [9.17, 15) is 0 Å². The van der Waals surface area contributed by atoms with Crippen molar-refractivity contribution in [3.63, 3.8) is 0 Å². The van der Waals surface area contributed by atoms with Crippen molar-refractivity contribution in [2.45, 2.75) is 44.2 Å². The van der Waals surface area contributed by atoms with Crippen molar-refractivity contribution in [1.29, 1.82) is 0 Å².